The molecule has 0 saturated carbocycles. The van der Waals surface area contributed by atoms with Crippen molar-refractivity contribution in [3.05, 3.63) is 60.0 Å². The molecule has 0 atom stereocenters. The normalized spacial score (nSPS) is 15.5. The first-order valence-electron chi connectivity index (χ1n) is 9.86. The molecule has 0 radical (unpaired) electrons. The van der Waals surface area contributed by atoms with E-state index in [1.54, 1.807) is 35.4 Å². The largest absolute Gasteiger partial charge is 0.494 e. The van der Waals surface area contributed by atoms with Gasteiger partial charge in [0.15, 0.2) is 0 Å². The van der Waals surface area contributed by atoms with Crippen LogP contribution in [0.1, 0.15) is 23.0 Å². The van der Waals surface area contributed by atoms with Crippen LogP contribution in [0.5, 0.6) is 5.75 Å². The van der Waals surface area contributed by atoms with Crippen LogP contribution in [0.4, 0.5) is 0 Å². The number of sulfonamides is 1. The maximum Gasteiger partial charge on any atom is 0.274 e. The molecule has 0 N–H and O–H groups in total. The van der Waals surface area contributed by atoms with E-state index in [2.05, 4.69) is 4.98 Å². The van der Waals surface area contributed by atoms with Gasteiger partial charge in [0.2, 0.25) is 10.0 Å². The topological polar surface area (TPSA) is 84.2 Å². The molecular formula is C21H24N4O4S. The summed E-state index contributed by atoms with van der Waals surface area (Å²) in [4.78, 5) is 19.1. The predicted molar refractivity (Wildman–Crippen MR) is 112 cm³/mol. The van der Waals surface area contributed by atoms with Gasteiger partial charge in [0.25, 0.3) is 5.91 Å². The molecular weight excluding hydrogens is 404 g/mol. The van der Waals surface area contributed by atoms with Crippen molar-refractivity contribution in [2.24, 2.45) is 0 Å². The van der Waals surface area contributed by atoms with Crippen LogP contribution in [-0.4, -0.2) is 65.7 Å². The summed E-state index contributed by atoms with van der Waals surface area (Å²) in [5.41, 5.74) is 2.15. The van der Waals surface area contributed by atoms with Crippen LogP contribution in [0.25, 0.3) is 5.65 Å². The Labute approximate surface area is 175 Å². The van der Waals surface area contributed by atoms with Gasteiger partial charge in [-0.25, -0.2) is 13.4 Å². The Morgan fingerprint density at radius 2 is 1.80 bits per heavy atom. The molecule has 0 aliphatic carbocycles. The highest BCUT2D eigenvalue weighted by atomic mass is 32.2. The summed E-state index contributed by atoms with van der Waals surface area (Å²) < 4.78 is 34.4. The number of carbonyl (C=O) groups excluding carboxylic acids is 1. The number of fused-ring (bicyclic) bond motifs is 1. The van der Waals surface area contributed by atoms with Crippen LogP contribution in [0.3, 0.4) is 0 Å². The molecule has 4 rings (SSSR count). The summed E-state index contributed by atoms with van der Waals surface area (Å²) in [6.07, 6.45) is 3.58. The van der Waals surface area contributed by atoms with Crippen LogP contribution in [0.15, 0.2) is 53.7 Å². The van der Waals surface area contributed by atoms with E-state index in [-0.39, 0.29) is 23.9 Å². The second kappa shape index (κ2) is 8.08. The highest BCUT2D eigenvalue weighted by Crippen LogP contribution is 2.21. The molecule has 8 nitrogen and oxygen atoms in total. The molecule has 1 aromatic carbocycles. The SMILES string of the molecule is CCOc1ccc(S(=O)(=O)N2CCN(C(=O)c3cn4ccc(C)cc4n3)CC2)cc1. The number of benzene rings is 1. The number of carbonyl (C=O) groups is 1. The molecule has 1 saturated heterocycles. The Balaban J connectivity index is 1.43. The molecule has 2 aromatic heterocycles. The number of nitrogens with zero attached hydrogens (tertiary/aromatic N) is 4. The number of aromatic nitrogens is 2. The van der Waals surface area contributed by atoms with Crippen molar-refractivity contribution in [3.8, 4) is 5.75 Å². The fraction of sp³-hybridized carbons (Fsp3) is 0.333. The van der Waals surface area contributed by atoms with E-state index in [1.165, 1.54) is 4.31 Å². The fourth-order valence-corrected chi connectivity index (χ4v) is 4.93. The fourth-order valence-electron chi connectivity index (χ4n) is 3.50. The lowest BCUT2D eigenvalue weighted by Gasteiger charge is -2.33. The van der Waals surface area contributed by atoms with Gasteiger partial charge in [-0.05, 0) is 55.8 Å². The van der Waals surface area contributed by atoms with Gasteiger partial charge in [-0.3, -0.25) is 4.79 Å². The number of aryl methyl sites for hydroxylation is 1. The number of pyridine rings is 1. The maximum absolute atomic E-state index is 12.9. The van der Waals surface area contributed by atoms with E-state index >= 15 is 0 Å². The highest BCUT2D eigenvalue weighted by Gasteiger charge is 2.31. The zero-order valence-electron chi connectivity index (χ0n) is 17.0. The van der Waals surface area contributed by atoms with Crippen LogP contribution in [0, 0.1) is 6.92 Å². The predicted octanol–water partition coefficient (Wildman–Crippen LogP) is 2.19. The van der Waals surface area contributed by atoms with E-state index in [0.717, 1.165) is 11.2 Å². The van der Waals surface area contributed by atoms with Crippen molar-refractivity contribution >= 4 is 21.6 Å². The first-order chi connectivity index (χ1) is 14.4. The van der Waals surface area contributed by atoms with Crippen molar-refractivity contribution in [1.29, 1.82) is 0 Å². The maximum atomic E-state index is 12.9. The lowest BCUT2D eigenvalue weighted by Crippen LogP contribution is -2.50. The minimum absolute atomic E-state index is 0.186. The summed E-state index contributed by atoms with van der Waals surface area (Å²) in [7, 11) is -3.61. The first-order valence-corrected chi connectivity index (χ1v) is 11.3. The number of amides is 1. The van der Waals surface area contributed by atoms with Gasteiger partial charge < -0.3 is 14.0 Å². The van der Waals surface area contributed by atoms with E-state index in [9.17, 15) is 13.2 Å². The molecule has 3 aromatic rings. The van der Waals surface area contributed by atoms with Crippen molar-refractivity contribution in [3.63, 3.8) is 0 Å². The summed E-state index contributed by atoms with van der Waals surface area (Å²) in [5.74, 6) is 0.448. The van der Waals surface area contributed by atoms with Gasteiger partial charge >= 0.3 is 0 Å². The van der Waals surface area contributed by atoms with E-state index in [1.807, 2.05) is 36.6 Å². The van der Waals surface area contributed by atoms with Gasteiger partial charge in [-0.1, -0.05) is 0 Å². The monoisotopic (exact) mass is 428 g/mol. The molecule has 0 bridgehead atoms. The molecule has 1 amide bonds. The number of imidazole rings is 1. The molecule has 0 unspecified atom stereocenters. The van der Waals surface area contributed by atoms with Gasteiger partial charge in [0.1, 0.15) is 17.1 Å². The van der Waals surface area contributed by atoms with Gasteiger partial charge in [0.05, 0.1) is 11.5 Å². The molecule has 1 aliphatic rings. The Bertz CT molecular complexity index is 1160. The zero-order chi connectivity index (χ0) is 21.3. The number of piperazine rings is 1. The lowest BCUT2D eigenvalue weighted by atomic mass is 10.3. The number of rotatable bonds is 5. The van der Waals surface area contributed by atoms with E-state index < -0.39 is 10.0 Å². The summed E-state index contributed by atoms with van der Waals surface area (Å²) in [6.45, 7) is 5.50. The minimum atomic E-state index is -3.61. The third-order valence-corrected chi connectivity index (χ3v) is 7.05. The highest BCUT2D eigenvalue weighted by molar-refractivity contribution is 7.89. The summed E-state index contributed by atoms with van der Waals surface area (Å²) in [6, 6.07) is 10.3. The van der Waals surface area contributed by atoms with Crippen LogP contribution < -0.4 is 4.74 Å². The van der Waals surface area contributed by atoms with Crippen molar-refractivity contribution < 1.29 is 17.9 Å². The molecule has 30 heavy (non-hydrogen) atoms. The molecule has 9 heteroatoms. The van der Waals surface area contributed by atoms with Gasteiger partial charge in [-0.15, -0.1) is 0 Å². The number of hydrogen-bond donors (Lipinski definition) is 0. The Hall–Kier alpha value is -2.91. The van der Waals surface area contributed by atoms with Gasteiger partial charge in [0, 0.05) is 38.6 Å². The smallest absolute Gasteiger partial charge is 0.274 e. The van der Waals surface area contributed by atoms with Crippen molar-refractivity contribution in [2.45, 2.75) is 18.7 Å². The Kier molecular flexibility index (Phi) is 5.48. The summed E-state index contributed by atoms with van der Waals surface area (Å²) in [5, 5.41) is 0. The molecule has 158 valence electrons. The molecule has 0 spiro atoms. The van der Waals surface area contributed by atoms with Crippen LogP contribution >= 0.6 is 0 Å². The van der Waals surface area contributed by atoms with Crippen LogP contribution in [0.2, 0.25) is 0 Å². The lowest BCUT2D eigenvalue weighted by molar-refractivity contribution is 0.0692. The number of hydrogen-bond acceptors (Lipinski definition) is 5. The number of ether oxygens (including phenoxy) is 1. The van der Waals surface area contributed by atoms with Gasteiger partial charge in [-0.2, -0.15) is 4.31 Å². The van der Waals surface area contributed by atoms with E-state index in [0.29, 0.717) is 31.1 Å². The molecule has 1 aliphatic heterocycles. The third-order valence-electron chi connectivity index (χ3n) is 5.13. The molecule has 1 fully saturated rings. The first kappa shape index (κ1) is 20.4. The standard InChI is InChI=1S/C21H24N4O4S/c1-3-29-17-4-6-18(7-5-17)30(27,28)25-12-10-23(11-13-25)21(26)19-15-24-9-8-16(2)14-20(24)22-19/h4-9,14-15H,3,10-13H2,1-2H3. The minimum Gasteiger partial charge on any atom is -0.494 e. The third kappa shape index (κ3) is 3.90. The van der Waals surface area contributed by atoms with Crippen molar-refractivity contribution in [2.75, 3.05) is 32.8 Å². The summed E-state index contributed by atoms with van der Waals surface area (Å²) >= 11 is 0. The Morgan fingerprint density at radius 1 is 1.10 bits per heavy atom. The second-order valence-electron chi connectivity index (χ2n) is 7.20. The second-order valence-corrected chi connectivity index (χ2v) is 9.13. The zero-order valence-corrected chi connectivity index (χ0v) is 17.8. The van der Waals surface area contributed by atoms with Crippen LogP contribution in [-0.2, 0) is 10.0 Å². The average molecular weight is 429 g/mol. The van der Waals surface area contributed by atoms with Crippen molar-refractivity contribution in [1.82, 2.24) is 18.6 Å². The van der Waals surface area contributed by atoms with E-state index in [4.69, 9.17) is 4.74 Å². The Morgan fingerprint density at radius 3 is 2.47 bits per heavy atom. The quantitative estimate of drug-likeness (QED) is 0.622. The molecule has 3 heterocycles. The average Bonchev–Trinajstić information content (AvgIpc) is 3.17.